The van der Waals surface area contributed by atoms with Crippen molar-refractivity contribution in [2.75, 3.05) is 19.4 Å². The molecule has 32 heavy (non-hydrogen) atoms. The summed E-state index contributed by atoms with van der Waals surface area (Å²) >= 11 is 1.69. The number of hydrogen-bond donors (Lipinski definition) is 2. The van der Waals surface area contributed by atoms with Crippen molar-refractivity contribution in [3.63, 3.8) is 0 Å². The highest BCUT2D eigenvalue weighted by atomic mass is 32.2. The van der Waals surface area contributed by atoms with Crippen molar-refractivity contribution in [1.29, 1.82) is 5.26 Å². The Morgan fingerprint density at radius 3 is 2.56 bits per heavy atom. The van der Waals surface area contributed by atoms with Crippen LogP contribution in [-0.2, 0) is 0 Å². The molecule has 2 heterocycles. The molecule has 0 aliphatic rings. The third kappa shape index (κ3) is 4.54. The van der Waals surface area contributed by atoms with E-state index in [0.717, 1.165) is 44.7 Å². The molecule has 0 spiro atoms. The Morgan fingerprint density at radius 2 is 1.84 bits per heavy atom. The third-order valence-electron chi connectivity index (χ3n) is 5.31. The van der Waals surface area contributed by atoms with Gasteiger partial charge in [0, 0.05) is 45.1 Å². The second-order valence-corrected chi connectivity index (χ2v) is 9.15. The van der Waals surface area contributed by atoms with Gasteiger partial charge >= 0.3 is 0 Å². The standard InChI is InChI=1S/C26H25N5S/c1-17-22-13-14-28-25(22)12-11-24(17)30-26-20(15-27)16-29-18(2)23(26)10-7-19-5-8-21(9-6-19)32-31(3)4/h5-14,16,28H,1-4H3,(H,29,30)/b10-7+. The van der Waals surface area contributed by atoms with Crippen LogP contribution in [0.3, 0.4) is 0 Å². The van der Waals surface area contributed by atoms with Gasteiger partial charge in [-0.2, -0.15) is 5.26 Å². The molecule has 5 nitrogen and oxygen atoms in total. The maximum Gasteiger partial charge on any atom is 0.103 e. The van der Waals surface area contributed by atoms with Crippen LogP contribution in [0.1, 0.15) is 27.9 Å². The van der Waals surface area contributed by atoms with E-state index in [1.165, 1.54) is 4.90 Å². The maximum atomic E-state index is 9.74. The lowest BCUT2D eigenvalue weighted by Crippen LogP contribution is -2.02. The molecular formula is C26H25N5S. The molecule has 0 saturated heterocycles. The van der Waals surface area contributed by atoms with Crippen LogP contribution < -0.4 is 5.32 Å². The molecule has 0 amide bonds. The maximum absolute atomic E-state index is 9.74. The second kappa shape index (κ2) is 9.31. The van der Waals surface area contributed by atoms with Gasteiger partial charge in [-0.15, -0.1) is 0 Å². The summed E-state index contributed by atoms with van der Waals surface area (Å²) in [4.78, 5) is 8.88. The van der Waals surface area contributed by atoms with Crippen LogP contribution in [0.5, 0.6) is 0 Å². The van der Waals surface area contributed by atoms with Crippen molar-refractivity contribution in [2.24, 2.45) is 0 Å². The zero-order valence-electron chi connectivity index (χ0n) is 18.6. The van der Waals surface area contributed by atoms with Crippen LogP contribution in [-0.4, -0.2) is 28.4 Å². The van der Waals surface area contributed by atoms with Gasteiger partial charge in [-0.25, -0.2) is 0 Å². The van der Waals surface area contributed by atoms with E-state index in [-0.39, 0.29) is 0 Å². The van der Waals surface area contributed by atoms with Crippen LogP contribution in [0.4, 0.5) is 11.4 Å². The van der Waals surface area contributed by atoms with E-state index in [9.17, 15) is 5.26 Å². The molecule has 0 saturated carbocycles. The number of anilines is 2. The largest absolute Gasteiger partial charge is 0.361 e. The predicted octanol–water partition coefficient (Wildman–Crippen LogP) is 6.53. The molecule has 6 heteroatoms. The first kappa shape index (κ1) is 21.7. The van der Waals surface area contributed by atoms with E-state index in [4.69, 9.17) is 0 Å². The van der Waals surface area contributed by atoms with Gasteiger partial charge in [0.25, 0.3) is 0 Å². The lowest BCUT2D eigenvalue weighted by Gasteiger charge is -2.16. The highest BCUT2D eigenvalue weighted by molar-refractivity contribution is 7.97. The van der Waals surface area contributed by atoms with Gasteiger partial charge < -0.3 is 10.3 Å². The number of nitrogens with one attached hydrogen (secondary N) is 2. The molecule has 0 aliphatic carbocycles. The number of aryl methyl sites for hydroxylation is 2. The first-order valence-corrected chi connectivity index (χ1v) is 11.1. The summed E-state index contributed by atoms with van der Waals surface area (Å²) in [5, 5.41) is 14.4. The number of aromatic nitrogens is 2. The lowest BCUT2D eigenvalue weighted by atomic mass is 10.0. The molecule has 0 atom stereocenters. The highest BCUT2D eigenvalue weighted by Gasteiger charge is 2.13. The Labute approximate surface area is 192 Å². The SMILES string of the molecule is Cc1ncc(C#N)c(Nc2ccc3[nH]ccc3c2C)c1/C=C/c1ccc(SN(C)C)cc1. The topological polar surface area (TPSA) is 67.7 Å². The Hall–Kier alpha value is -3.53. The number of aromatic amines is 1. The average molecular weight is 440 g/mol. The molecule has 2 N–H and O–H groups in total. The van der Waals surface area contributed by atoms with E-state index in [1.807, 2.05) is 45.4 Å². The van der Waals surface area contributed by atoms with Gasteiger partial charge in [-0.3, -0.25) is 9.29 Å². The fourth-order valence-electron chi connectivity index (χ4n) is 3.63. The van der Waals surface area contributed by atoms with Crippen molar-refractivity contribution >= 4 is 46.4 Å². The Balaban J connectivity index is 1.70. The zero-order chi connectivity index (χ0) is 22.7. The molecular weight excluding hydrogens is 414 g/mol. The number of pyridine rings is 1. The first-order chi connectivity index (χ1) is 15.5. The fraction of sp³-hybridized carbons (Fsp3) is 0.154. The van der Waals surface area contributed by atoms with Gasteiger partial charge in [0.1, 0.15) is 6.07 Å². The number of nitriles is 1. The smallest absolute Gasteiger partial charge is 0.103 e. The Bertz CT molecular complexity index is 1330. The molecule has 2 aromatic carbocycles. The number of rotatable bonds is 6. The summed E-state index contributed by atoms with van der Waals surface area (Å²) < 4.78 is 2.07. The molecule has 4 rings (SSSR count). The Morgan fingerprint density at radius 1 is 1.06 bits per heavy atom. The summed E-state index contributed by atoms with van der Waals surface area (Å²) in [7, 11) is 4.06. The monoisotopic (exact) mass is 439 g/mol. The molecule has 160 valence electrons. The number of hydrogen-bond acceptors (Lipinski definition) is 5. The van der Waals surface area contributed by atoms with Crippen LogP contribution >= 0.6 is 11.9 Å². The molecule has 0 unspecified atom stereocenters. The van der Waals surface area contributed by atoms with Crippen molar-refractivity contribution in [2.45, 2.75) is 18.7 Å². The fourth-order valence-corrected chi connectivity index (χ4v) is 4.31. The molecule has 2 aromatic heterocycles. The normalized spacial score (nSPS) is 11.4. The summed E-state index contributed by atoms with van der Waals surface area (Å²) in [6.07, 6.45) is 7.66. The summed E-state index contributed by atoms with van der Waals surface area (Å²) in [6.45, 7) is 4.05. The van der Waals surface area contributed by atoms with Crippen LogP contribution in [0.15, 0.2) is 59.8 Å². The minimum Gasteiger partial charge on any atom is -0.361 e. The molecule has 0 bridgehead atoms. The quantitative estimate of drug-likeness (QED) is 0.334. The Kier molecular flexibility index (Phi) is 6.31. The minimum absolute atomic E-state index is 0.515. The lowest BCUT2D eigenvalue weighted by molar-refractivity contribution is 0.702. The van der Waals surface area contributed by atoms with Gasteiger partial charge in [-0.1, -0.05) is 24.3 Å². The molecule has 0 radical (unpaired) electrons. The number of H-pyrrole nitrogens is 1. The number of nitrogens with zero attached hydrogens (tertiary/aromatic N) is 3. The van der Waals surface area contributed by atoms with Crippen LogP contribution in [0, 0.1) is 25.2 Å². The molecule has 0 fully saturated rings. The highest BCUT2D eigenvalue weighted by Crippen LogP contribution is 2.32. The number of fused-ring (bicyclic) bond motifs is 1. The zero-order valence-corrected chi connectivity index (χ0v) is 19.4. The second-order valence-electron chi connectivity index (χ2n) is 7.77. The van der Waals surface area contributed by atoms with Crippen LogP contribution in [0.25, 0.3) is 23.1 Å². The van der Waals surface area contributed by atoms with Gasteiger partial charge in [0.2, 0.25) is 0 Å². The summed E-state index contributed by atoms with van der Waals surface area (Å²) in [6, 6.07) is 16.8. The average Bonchev–Trinajstić information content (AvgIpc) is 3.26. The van der Waals surface area contributed by atoms with E-state index in [1.54, 1.807) is 18.1 Å². The predicted molar refractivity (Wildman–Crippen MR) is 135 cm³/mol. The van der Waals surface area contributed by atoms with Gasteiger partial charge in [0.15, 0.2) is 0 Å². The first-order valence-electron chi connectivity index (χ1n) is 10.3. The van der Waals surface area contributed by atoms with E-state index < -0.39 is 0 Å². The summed E-state index contributed by atoms with van der Waals surface area (Å²) in [5.74, 6) is 0. The van der Waals surface area contributed by atoms with Crippen molar-refractivity contribution in [1.82, 2.24) is 14.3 Å². The third-order valence-corrected chi connectivity index (χ3v) is 6.16. The number of benzene rings is 2. The van der Waals surface area contributed by atoms with E-state index in [0.29, 0.717) is 5.56 Å². The van der Waals surface area contributed by atoms with Crippen molar-refractivity contribution < 1.29 is 0 Å². The summed E-state index contributed by atoms with van der Waals surface area (Å²) in [5.41, 5.74) is 7.34. The van der Waals surface area contributed by atoms with Crippen molar-refractivity contribution in [3.05, 3.63) is 82.8 Å². The van der Waals surface area contributed by atoms with E-state index >= 15 is 0 Å². The minimum atomic E-state index is 0.515. The van der Waals surface area contributed by atoms with Gasteiger partial charge in [0.05, 0.1) is 11.3 Å². The molecule has 4 aromatic rings. The van der Waals surface area contributed by atoms with E-state index in [2.05, 4.69) is 69.0 Å². The molecule has 0 aliphatic heterocycles. The van der Waals surface area contributed by atoms with Crippen molar-refractivity contribution in [3.8, 4) is 6.07 Å². The van der Waals surface area contributed by atoms with Crippen LogP contribution in [0.2, 0.25) is 0 Å². The van der Waals surface area contributed by atoms with Gasteiger partial charge in [-0.05, 0) is 81.3 Å².